The Kier molecular flexibility index (Phi) is 2.32. The van der Waals surface area contributed by atoms with Crippen molar-refractivity contribution in [3.8, 4) is 0 Å². The fourth-order valence-corrected chi connectivity index (χ4v) is 1.03. The molecule has 0 atom stereocenters. The first-order valence-electron chi connectivity index (χ1n) is 3.55. The van der Waals surface area contributed by atoms with Crippen molar-refractivity contribution in [2.24, 2.45) is 0 Å². The zero-order chi connectivity index (χ0) is 10.9. The lowest BCUT2D eigenvalue weighted by Crippen LogP contribution is -2.17. The number of carboxylic acid groups (broad SMARTS) is 1. The fourth-order valence-electron chi connectivity index (χ4n) is 1.03. The van der Waals surface area contributed by atoms with Crippen LogP contribution in [0.1, 0.15) is 16.1 Å². The number of hydrogen-bond donors (Lipinski definition) is 2. The van der Waals surface area contributed by atoms with Gasteiger partial charge in [-0.25, -0.2) is 4.79 Å². The Balaban J connectivity index is 3.61. The van der Waals surface area contributed by atoms with E-state index in [0.717, 1.165) is 6.07 Å². The van der Waals surface area contributed by atoms with Crippen LogP contribution in [0.25, 0.3) is 0 Å². The molecular formula is C7H6N2O5. The summed E-state index contributed by atoms with van der Waals surface area (Å²) in [4.78, 5) is 33.1. The minimum Gasteiger partial charge on any atom is -0.477 e. The molecule has 0 unspecified atom stereocenters. The van der Waals surface area contributed by atoms with Gasteiger partial charge in [0, 0.05) is 5.69 Å². The molecule has 7 nitrogen and oxygen atoms in total. The third-order valence-corrected chi connectivity index (χ3v) is 1.55. The third-order valence-electron chi connectivity index (χ3n) is 1.55. The van der Waals surface area contributed by atoms with Crippen LogP contribution in [0.15, 0.2) is 10.9 Å². The fraction of sp³-hybridized carbons (Fsp3) is 0.143. The summed E-state index contributed by atoms with van der Waals surface area (Å²) in [6.07, 6.45) is 0. The van der Waals surface area contributed by atoms with Crippen molar-refractivity contribution in [2.45, 2.75) is 6.92 Å². The van der Waals surface area contributed by atoms with Crippen LogP contribution in [0.3, 0.4) is 0 Å². The number of aryl methyl sites for hydroxylation is 1. The number of pyridine rings is 1. The highest BCUT2D eigenvalue weighted by Crippen LogP contribution is 2.12. The van der Waals surface area contributed by atoms with Crippen LogP contribution >= 0.6 is 0 Å². The lowest BCUT2D eigenvalue weighted by Gasteiger charge is -1.98. The van der Waals surface area contributed by atoms with Crippen LogP contribution in [-0.4, -0.2) is 21.0 Å². The maximum absolute atomic E-state index is 11.0. The largest absolute Gasteiger partial charge is 0.477 e. The molecule has 0 aliphatic rings. The number of carboxylic acids is 1. The van der Waals surface area contributed by atoms with E-state index in [1.807, 2.05) is 0 Å². The molecular weight excluding hydrogens is 192 g/mol. The first kappa shape index (κ1) is 9.90. The molecule has 0 fully saturated rings. The number of aromatic nitrogens is 1. The van der Waals surface area contributed by atoms with E-state index in [-0.39, 0.29) is 5.69 Å². The van der Waals surface area contributed by atoms with Gasteiger partial charge in [-0.05, 0) is 13.0 Å². The van der Waals surface area contributed by atoms with Crippen molar-refractivity contribution in [1.29, 1.82) is 0 Å². The Hall–Kier alpha value is -2.18. The Labute approximate surface area is 77.2 Å². The number of aromatic amines is 1. The summed E-state index contributed by atoms with van der Waals surface area (Å²) < 4.78 is 0. The summed E-state index contributed by atoms with van der Waals surface area (Å²) >= 11 is 0. The molecule has 1 rings (SSSR count). The molecule has 1 aromatic rings. The van der Waals surface area contributed by atoms with E-state index < -0.39 is 27.7 Å². The molecule has 14 heavy (non-hydrogen) atoms. The first-order chi connectivity index (χ1) is 6.43. The van der Waals surface area contributed by atoms with Crippen LogP contribution in [0.2, 0.25) is 0 Å². The maximum Gasteiger partial charge on any atom is 0.348 e. The van der Waals surface area contributed by atoms with Gasteiger partial charge in [-0.1, -0.05) is 0 Å². The molecule has 0 saturated heterocycles. The van der Waals surface area contributed by atoms with Gasteiger partial charge in [0.05, 0.1) is 4.92 Å². The van der Waals surface area contributed by atoms with Gasteiger partial charge in [0.2, 0.25) is 0 Å². The third kappa shape index (κ3) is 1.60. The molecule has 2 N–H and O–H groups in total. The average Bonchev–Trinajstić information content (AvgIpc) is 2.01. The van der Waals surface area contributed by atoms with Crippen molar-refractivity contribution in [3.05, 3.63) is 37.8 Å². The lowest BCUT2D eigenvalue weighted by atomic mass is 10.2. The number of rotatable bonds is 2. The number of nitrogens with one attached hydrogen (secondary N) is 1. The topological polar surface area (TPSA) is 113 Å². The smallest absolute Gasteiger partial charge is 0.348 e. The van der Waals surface area contributed by atoms with Crippen molar-refractivity contribution in [3.63, 3.8) is 0 Å². The van der Waals surface area contributed by atoms with E-state index in [1.165, 1.54) is 6.92 Å². The highest BCUT2D eigenvalue weighted by molar-refractivity contribution is 5.92. The molecule has 0 aromatic carbocycles. The summed E-state index contributed by atoms with van der Waals surface area (Å²) in [5.41, 5.74) is -2.29. The Morgan fingerprint density at radius 2 is 2.21 bits per heavy atom. The second kappa shape index (κ2) is 3.29. The number of nitro groups is 1. The molecule has 0 aliphatic heterocycles. The number of hydrogen-bond acceptors (Lipinski definition) is 4. The molecule has 1 aromatic heterocycles. The lowest BCUT2D eigenvalue weighted by molar-refractivity contribution is -0.386. The molecule has 0 saturated carbocycles. The SMILES string of the molecule is Cc1cc(C(=O)O)c([N+](=O)[O-])c(=O)[nH]1. The molecule has 0 spiro atoms. The average molecular weight is 198 g/mol. The van der Waals surface area contributed by atoms with Crippen molar-refractivity contribution in [2.75, 3.05) is 0 Å². The van der Waals surface area contributed by atoms with Gasteiger partial charge in [0.1, 0.15) is 5.56 Å². The second-order valence-electron chi connectivity index (χ2n) is 2.61. The van der Waals surface area contributed by atoms with E-state index in [2.05, 4.69) is 4.98 Å². The summed E-state index contributed by atoms with van der Waals surface area (Å²) in [5, 5.41) is 19.0. The standard InChI is InChI=1S/C7H6N2O5/c1-3-2-4(7(11)12)5(9(13)14)6(10)8-3/h2H,1H3,(H,8,10)(H,11,12). The quantitative estimate of drug-likeness (QED) is 0.523. The van der Waals surface area contributed by atoms with Crippen molar-refractivity contribution >= 4 is 11.7 Å². The molecule has 7 heteroatoms. The summed E-state index contributed by atoms with van der Waals surface area (Å²) in [6.45, 7) is 1.44. The highest BCUT2D eigenvalue weighted by Gasteiger charge is 2.24. The van der Waals surface area contributed by atoms with E-state index in [0.29, 0.717) is 0 Å². The predicted octanol–water partition coefficient (Wildman–Crippen LogP) is 0.290. The van der Waals surface area contributed by atoms with Gasteiger partial charge in [-0.3, -0.25) is 14.9 Å². The van der Waals surface area contributed by atoms with Crippen LogP contribution in [0.5, 0.6) is 0 Å². The van der Waals surface area contributed by atoms with Gasteiger partial charge in [-0.2, -0.15) is 0 Å². The van der Waals surface area contributed by atoms with Gasteiger partial charge in [-0.15, -0.1) is 0 Å². The first-order valence-corrected chi connectivity index (χ1v) is 3.55. The van der Waals surface area contributed by atoms with E-state index in [4.69, 9.17) is 5.11 Å². The molecule has 0 radical (unpaired) electrons. The van der Waals surface area contributed by atoms with Gasteiger partial charge in [0.15, 0.2) is 0 Å². The zero-order valence-electron chi connectivity index (χ0n) is 7.10. The minimum absolute atomic E-state index is 0.262. The Bertz CT molecular complexity index is 462. The van der Waals surface area contributed by atoms with Crippen LogP contribution in [0, 0.1) is 17.0 Å². The van der Waals surface area contributed by atoms with Crippen molar-refractivity contribution < 1.29 is 14.8 Å². The predicted molar refractivity (Wildman–Crippen MR) is 45.4 cm³/mol. The van der Waals surface area contributed by atoms with Gasteiger partial charge >= 0.3 is 17.2 Å². The molecule has 0 amide bonds. The molecule has 0 aliphatic carbocycles. The Morgan fingerprint density at radius 1 is 1.64 bits per heavy atom. The normalized spacial score (nSPS) is 9.79. The van der Waals surface area contributed by atoms with Crippen LogP contribution in [0.4, 0.5) is 5.69 Å². The van der Waals surface area contributed by atoms with Gasteiger partial charge < -0.3 is 10.1 Å². The number of carbonyl (C=O) groups is 1. The van der Waals surface area contributed by atoms with Crippen molar-refractivity contribution in [1.82, 2.24) is 4.98 Å². The van der Waals surface area contributed by atoms with Gasteiger partial charge in [0.25, 0.3) is 0 Å². The second-order valence-corrected chi connectivity index (χ2v) is 2.61. The number of aromatic carboxylic acids is 1. The summed E-state index contributed by atoms with van der Waals surface area (Å²) in [7, 11) is 0. The van der Waals surface area contributed by atoms with E-state index in [9.17, 15) is 19.7 Å². The maximum atomic E-state index is 11.0. The summed E-state index contributed by atoms with van der Waals surface area (Å²) in [5.74, 6) is -1.49. The van der Waals surface area contributed by atoms with E-state index >= 15 is 0 Å². The molecule has 1 heterocycles. The monoisotopic (exact) mass is 198 g/mol. The minimum atomic E-state index is -1.49. The van der Waals surface area contributed by atoms with Crippen LogP contribution < -0.4 is 5.56 Å². The van der Waals surface area contributed by atoms with E-state index in [1.54, 1.807) is 0 Å². The van der Waals surface area contributed by atoms with Crippen LogP contribution in [-0.2, 0) is 0 Å². The number of H-pyrrole nitrogens is 1. The highest BCUT2D eigenvalue weighted by atomic mass is 16.6. The zero-order valence-corrected chi connectivity index (χ0v) is 7.10. The number of nitrogens with zero attached hydrogens (tertiary/aromatic N) is 1. The molecule has 74 valence electrons. The molecule has 0 bridgehead atoms. The summed E-state index contributed by atoms with van der Waals surface area (Å²) in [6, 6.07) is 1.04. The Morgan fingerprint density at radius 3 is 2.64 bits per heavy atom.